The van der Waals surface area contributed by atoms with Gasteiger partial charge in [0.15, 0.2) is 0 Å². The number of morpholine rings is 1. The smallest absolute Gasteiger partial charge is 0.222 e. The number of hydrogen-bond acceptors (Lipinski definition) is 5. The van der Waals surface area contributed by atoms with Gasteiger partial charge in [0.1, 0.15) is 0 Å². The third-order valence-corrected chi connectivity index (χ3v) is 3.48. The van der Waals surface area contributed by atoms with Crippen molar-refractivity contribution in [2.75, 3.05) is 52.5 Å². The van der Waals surface area contributed by atoms with Crippen LogP contribution in [0.1, 0.15) is 25.7 Å². The van der Waals surface area contributed by atoms with Crippen molar-refractivity contribution in [3.8, 4) is 6.07 Å². The lowest BCUT2D eigenvalue weighted by Gasteiger charge is -2.30. The van der Waals surface area contributed by atoms with Gasteiger partial charge in [0.05, 0.1) is 25.7 Å². The summed E-state index contributed by atoms with van der Waals surface area (Å²) in [5.41, 5.74) is 5.44. The van der Waals surface area contributed by atoms with E-state index in [-0.39, 0.29) is 5.91 Å². The molecule has 1 heterocycles. The van der Waals surface area contributed by atoms with Crippen LogP contribution in [-0.2, 0) is 9.53 Å². The predicted molar refractivity (Wildman–Crippen MR) is 77.0 cm³/mol. The van der Waals surface area contributed by atoms with E-state index in [2.05, 4.69) is 11.0 Å². The summed E-state index contributed by atoms with van der Waals surface area (Å²) < 4.78 is 5.31. The van der Waals surface area contributed by atoms with Gasteiger partial charge in [0, 0.05) is 39.1 Å². The molecule has 0 aromatic rings. The van der Waals surface area contributed by atoms with Crippen LogP contribution < -0.4 is 5.73 Å². The Balaban J connectivity index is 2.33. The number of nitrogens with two attached hydrogens (primary N) is 1. The van der Waals surface area contributed by atoms with E-state index in [0.29, 0.717) is 32.5 Å². The molecule has 0 atom stereocenters. The fraction of sp³-hybridized carbons (Fsp3) is 0.857. The first-order chi connectivity index (χ1) is 9.77. The molecule has 0 aromatic heterocycles. The second-order valence-electron chi connectivity index (χ2n) is 4.99. The summed E-state index contributed by atoms with van der Waals surface area (Å²) >= 11 is 0. The maximum Gasteiger partial charge on any atom is 0.222 e. The zero-order chi connectivity index (χ0) is 14.6. The summed E-state index contributed by atoms with van der Waals surface area (Å²) in [4.78, 5) is 16.2. The fourth-order valence-corrected chi connectivity index (χ4v) is 2.21. The van der Waals surface area contributed by atoms with E-state index < -0.39 is 0 Å². The summed E-state index contributed by atoms with van der Waals surface area (Å²) in [7, 11) is 0. The summed E-state index contributed by atoms with van der Waals surface area (Å²) in [6.45, 7) is 6.09. The van der Waals surface area contributed by atoms with Crippen LogP contribution in [0.15, 0.2) is 0 Å². The molecule has 0 radical (unpaired) electrons. The first-order valence-corrected chi connectivity index (χ1v) is 7.43. The van der Waals surface area contributed by atoms with Crippen molar-refractivity contribution in [2.24, 2.45) is 5.73 Å². The van der Waals surface area contributed by atoms with Crippen LogP contribution in [0.4, 0.5) is 0 Å². The van der Waals surface area contributed by atoms with Crippen LogP contribution >= 0.6 is 0 Å². The molecule has 0 aliphatic carbocycles. The van der Waals surface area contributed by atoms with E-state index >= 15 is 0 Å². The van der Waals surface area contributed by atoms with Crippen LogP contribution in [0, 0.1) is 11.3 Å². The Bertz CT molecular complexity index is 311. The zero-order valence-corrected chi connectivity index (χ0v) is 12.2. The van der Waals surface area contributed by atoms with Gasteiger partial charge in [0.2, 0.25) is 5.91 Å². The van der Waals surface area contributed by atoms with Crippen molar-refractivity contribution in [1.29, 1.82) is 5.26 Å². The Kier molecular flexibility index (Phi) is 8.96. The fourth-order valence-electron chi connectivity index (χ4n) is 2.21. The number of nitrogens with zero attached hydrogens (tertiary/aromatic N) is 3. The summed E-state index contributed by atoms with van der Waals surface area (Å²) in [6, 6.07) is 2.11. The maximum absolute atomic E-state index is 12.1. The van der Waals surface area contributed by atoms with Gasteiger partial charge in [-0.3, -0.25) is 9.69 Å². The average Bonchev–Trinajstić information content (AvgIpc) is 2.48. The van der Waals surface area contributed by atoms with Gasteiger partial charge in [-0.15, -0.1) is 0 Å². The minimum absolute atomic E-state index is 0.141. The second kappa shape index (κ2) is 10.6. The number of unbranched alkanes of at least 4 members (excludes halogenated alkanes) is 1. The Labute approximate surface area is 121 Å². The lowest BCUT2D eigenvalue weighted by molar-refractivity contribution is -0.131. The number of nitriles is 1. The average molecular weight is 282 g/mol. The number of ether oxygens (including phenoxy) is 1. The Hall–Kier alpha value is -1.16. The molecule has 1 saturated heterocycles. The summed E-state index contributed by atoms with van der Waals surface area (Å²) in [6.07, 6.45) is 2.63. The molecule has 6 nitrogen and oxygen atoms in total. The molecule has 1 amide bonds. The molecular weight excluding hydrogens is 256 g/mol. The number of rotatable bonds is 9. The molecule has 0 unspecified atom stereocenters. The normalized spacial score (nSPS) is 15.8. The number of carbonyl (C=O) groups is 1. The highest BCUT2D eigenvalue weighted by atomic mass is 16.5. The lowest BCUT2D eigenvalue weighted by atomic mass is 10.2. The van der Waals surface area contributed by atoms with Gasteiger partial charge in [-0.1, -0.05) is 0 Å². The van der Waals surface area contributed by atoms with E-state index in [1.54, 1.807) is 0 Å². The molecule has 20 heavy (non-hydrogen) atoms. The quantitative estimate of drug-likeness (QED) is 0.610. The Morgan fingerprint density at radius 2 is 2.05 bits per heavy atom. The van der Waals surface area contributed by atoms with Crippen molar-refractivity contribution in [2.45, 2.75) is 25.7 Å². The molecule has 1 fully saturated rings. The molecule has 2 N–H and O–H groups in total. The SMILES string of the molecule is N#CCCN(CCN1CCOCC1)C(=O)CCCCN. The molecule has 0 spiro atoms. The van der Waals surface area contributed by atoms with Gasteiger partial charge in [-0.05, 0) is 19.4 Å². The van der Waals surface area contributed by atoms with Crippen LogP contribution in [0.25, 0.3) is 0 Å². The third kappa shape index (κ3) is 6.85. The van der Waals surface area contributed by atoms with Gasteiger partial charge >= 0.3 is 0 Å². The zero-order valence-electron chi connectivity index (χ0n) is 12.2. The third-order valence-electron chi connectivity index (χ3n) is 3.48. The molecule has 0 bridgehead atoms. The van der Waals surface area contributed by atoms with E-state index in [1.807, 2.05) is 4.90 Å². The molecule has 1 aliphatic heterocycles. The number of amides is 1. The first-order valence-electron chi connectivity index (χ1n) is 7.43. The molecule has 0 saturated carbocycles. The van der Waals surface area contributed by atoms with E-state index in [1.165, 1.54) is 0 Å². The molecule has 0 aromatic carbocycles. The molecule has 114 valence electrons. The van der Waals surface area contributed by atoms with Gasteiger partial charge in [-0.25, -0.2) is 0 Å². The Morgan fingerprint density at radius 3 is 2.70 bits per heavy atom. The van der Waals surface area contributed by atoms with Crippen LogP contribution in [-0.4, -0.2) is 68.2 Å². The van der Waals surface area contributed by atoms with Gasteiger partial charge in [-0.2, -0.15) is 5.26 Å². The van der Waals surface area contributed by atoms with Crippen LogP contribution in [0.3, 0.4) is 0 Å². The molecule has 1 rings (SSSR count). The first kappa shape index (κ1) is 16.9. The highest BCUT2D eigenvalue weighted by Gasteiger charge is 2.16. The highest BCUT2D eigenvalue weighted by molar-refractivity contribution is 5.76. The Morgan fingerprint density at radius 1 is 1.30 bits per heavy atom. The van der Waals surface area contributed by atoms with Crippen molar-refractivity contribution < 1.29 is 9.53 Å². The topological polar surface area (TPSA) is 82.6 Å². The van der Waals surface area contributed by atoms with Crippen molar-refractivity contribution in [3.63, 3.8) is 0 Å². The van der Waals surface area contributed by atoms with Crippen LogP contribution in [0.2, 0.25) is 0 Å². The minimum Gasteiger partial charge on any atom is -0.379 e. The summed E-state index contributed by atoms with van der Waals surface area (Å²) in [5, 5.41) is 8.70. The minimum atomic E-state index is 0.141. The predicted octanol–water partition coefficient (Wildman–Crippen LogP) is 0.190. The second-order valence-corrected chi connectivity index (χ2v) is 4.99. The van der Waals surface area contributed by atoms with Crippen molar-refractivity contribution in [1.82, 2.24) is 9.80 Å². The maximum atomic E-state index is 12.1. The lowest BCUT2D eigenvalue weighted by Crippen LogP contribution is -2.43. The van der Waals surface area contributed by atoms with E-state index in [4.69, 9.17) is 15.7 Å². The van der Waals surface area contributed by atoms with Crippen molar-refractivity contribution in [3.05, 3.63) is 0 Å². The monoisotopic (exact) mass is 282 g/mol. The van der Waals surface area contributed by atoms with Crippen LogP contribution in [0.5, 0.6) is 0 Å². The molecule has 6 heteroatoms. The van der Waals surface area contributed by atoms with E-state index in [9.17, 15) is 4.79 Å². The van der Waals surface area contributed by atoms with E-state index in [0.717, 1.165) is 45.7 Å². The highest BCUT2D eigenvalue weighted by Crippen LogP contribution is 2.03. The van der Waals surface area contributed by atoms with Crippen molar-refractivity contribution >= 4 is 5.91 Å². The summed E-state index contributed by atoms with van der Waals surface area (Å²) in [5.74, 6) is 0.141. The molecular formula is C14H26N4O2. The largest absolute Gasteiger partial charge is 0.379 e. The van der Waals surface area contributed by atoms with Gasteiger partial charge in [0.25, 0.3) is 0 Å². The number of carbonyl (C=O) groups excluding carboxylic acids is 1. The molecule has 1 aliphatic rings. The van der Waals surface area contributed by atoms with Gasteiger partial charge < -0.3 is 15.4 Å². The standard InChI is InChI=1S/C14H26N4O2/c15-5-2-1-4-14(19)18(7-3-6-16)9-8-17-10-12-20-13-11-17/h1-5,7-13,15H2. The number of hydrogen-bond donors (Lipinski definition) is 1.